The van der Waals surface area contributed by atoms with Crippen LogP contribution in [0, 0.1) is 0 Å². The summed E-state index contributed by atoms with van der Waals surface area (Å²) < 4.78 is 13.4. The third kappa shape index (κ3) is 2.48. The maximum atomic E-state index is 6.85. The van der Waals surface area contributed by atoms with Gasteiger partial charge in [0.25, 0.3) is 0 Å². The van der Waals surface area contributed by atoms with Gasteiger partial charge in [-0.3, -0.25) is 4.57 Å². The zero-order chi connectivity index (χ0) is 31.2. The lowest BCUT2D eigenvalue weighted by atomic mass is 9.45. The van der Waals surface area contributed by atoms with Crippen molar-refractivity contribution in [2.24, 2.45) is 0 Å². The van der Waals surface area contributed by atoms with Crippen LogP contribution in [-0.4, -0.2) is 15.9 Å². The normalized spacial score (nSPS) is 15.0. The van der Waals surface area contributed by atoms with Crippen molar-refractivity contribution in [3.8, 4) is 27.9 Å². The Labute approximate surface area is 279 Å². The van der Waals surface area contributed by atoms with Crippen molar-refractivity contribution in [1.29, 1.82) is 0 Å². The number of nitrogens with zero attached hydrogens (tertiary/aromatic N) is 2. The molecule has 13 rings (SSSR count). The van der Waals surface area contributed by atoms with Gasteiger partial charge in [0.1, 0.15) is 5.58 Å². The molecule has 0 saturated heterocycles. The smallest absolute Gasteiger partial charge is 0.333 e. The highest BCUT2D eigenvalue weighted by Gasteiger charge is 2.47. The molecule has 0 fully saturated rings. The second kappa shape index (κ2) is 7.78. The summed E-state index contributed by atoms with van der Waals surface area (Å²) in [5, 5.41) is 7.73. The Morgan fingerprint density at radius 2 is 1.38 bits per heavy atom. The first-order valence-corrected chi connectivity index (χ1v) is 17.6. The van der Waals surface area contributed by atoms with Crippen LogP contribution in [0.1, 0.15) is 25.0 Å². The Kier molecular flexibility index (Phi) is 3.99. The molecule has 6 heterocycles. The first-order chi connectivity index (χ1) is 23.6. The predicted molar refractivity (Wildman–Crippen MR) is 202 cm³/mol. The molecule has 0 bridgehead atoms. The molecule has 4 aromatic heterocycles. The molecule has 48 heavy (non-hydrogen) atoms. The summed E-state index contributed by atoms with van der Waals surface area (Å²) in [6.45, 7) is 4.84. The number of benzene rings is 6. The van der Waals surface area contributed by atoms with Gasteiger partial charge in [-0.2, -0.15) is 0 Å². The molecule has 3 aliphatic rings. The van der Waals surface area contributed by atoms with Crippen LogP contribution >= 0.6 is 11.3 Å². The van der Waals surface area contributed by atoms with Gasteiger partial charge in [-0.1, -0.05) is 111 Å². The third-order valence-electron chi connectivity index (χ3n) is 11.9. The topological polar surface area (TPSA) is 23.0 Å². The lowest BCUT2D eigenvalue weighted by Gasteiger charge is -2.35. The van der Waals surface area contributed by atoms with Crippen LogP contribution in [-0.2, 0) is 5.41 Å². The van der Waals surface area contributed by atoms with Crippen LogP contribution in [0.4, 0.5) is 0 Å². The summed E-state index contributed by atoms with van der Waals surface area (Å²) in [7, 11) is 0. The molecular formula is C43H25BN2OS. The second-order valence-corrected chi connectivity index (χ2v) is 15.4. The van der Waals surface area contributed by atoms with Gasteiger partial charge in [-0.25, -0.2) is 0 Å². The van der Waals surface area contributed by atoms with Gasteiger partial charge in [0.05, 0.1) is 15.7 Å². The van der Waals surface area contributed by atoms with E-state index in [4.69, 9.17) is 4.42 Å². The van der Waals surface area contributed by atoms with Gasteiger partial charge in [0.2, 0.25) is 5.71 Å². The molecule has 0 spiro atoms. The van der Waals surface area contributed by atoms with Gasteiger partial charge >= 0.3 is 6.85 Å². The van der Waals surface area contributed by atoms with Crippen LogP contribution in [0.3, 0.4) is 0 Å². The molecule has 0 amide bonds. The Balaban J connectivity index is 1.33. The first kappa shape index (κ1) is 24.6. The Morgan fingerprint density at radius 3 is 2.29 bits per heavy atom. The van der Waals surface area contributed by atoms with Gasteiger partial charge in [0.15, 0.2) is 0 Å². The van der Waals surface area contributed by atoms with Crippen LogP contribution in [0.15, 0.2) is 120 Å². The molecule has 1 aliphatic carbocycles. The van der Waals surface area contributed by atoms with E-state index in [0.29, 0.717) is 0 Å². The quantitative estimate of drug-likeness (QED) is 0.153. The van der Waals surface area contributed by atoms with Gasteiger partial charge in [0, 0.05) is 53.8 Å². The summed E-state index contributed by atoms with van der Waals surface area (Å²) in [6, 6.07) is 43.1. The zero-order valence-corrected chi connectivity index (χ0v) is 27.1. The standard InChI is InChI=1S/C43H25BN2OS/c1-43(2)28-17-6-3-11-22(28)36-29(43)21-31-38-37(36)27-15-9-14-26-35-24-13-5-8-20-33(24)48-42(35)46(39(26)27)44(38)30-18-10-16-25-34-23-12-4-7-19-32(23)47-41(34)45(31)40(25)30/h3-21H,1-2H3. The molecule has 222 valence electrons. The van der Waals surface area contributed by atoms with Crippen molar-refractivity contribution in [2.75, 3.05) is 0 Å². The van der Waals surface area contributed by atoms with Crippen molar-refractivity contribution in [3.63, 3.8) is 0 Å². The number of aromatic nitrogens is 2. The Hall–Kier alpha value is -5.52. The molecular weight excluding hydrogens is 603 g/mol. The average molecular weight is 629 g/mol. The minimum absolute atomic E-state index is 0.0283. The van der Waals surface area contributed by atoms with Crippen LogP contribution < -0.4 is 10.9 Å². The van der Waals surface area contributed by atoms with E-state index in [-0.39, 0.29) is 12.3 Å². The number of hydrogen-bond acceptors (Lipinski definition) is 2. The maximum Gasteiger partial charge on any atom is 0.333 e. The monoisotopic (exact) mass is 628 g/mol. The largest absolute Gasteiger partial charge is 0.439 e. The van der Waals surface area contributed by atoms with Gasteiger partial charge in [-0.05, 0) is 56.9 Å². The summed E-state index contributed by atoms with van der Waals surface area (Å²) in [4.78, 5) is 1.35. The SMILES string of the molecule is CC1(C)c2ccccc2-c2c1cc1c3c2-c2cccc4c5c6ccccc6sc5n(c24)B3c2cccc3c4c5ccccc5oc4n-1c23. The molecule has 0 unspecified atom stereocenters. The molecule has 2 aliphatic heterocycles. The highest BCUT2D eigenvalue weighted by molar-refractivity contribution is 7.26. The first-order valence-electron chi connectivity index (χ1n) is 16.8. The lowest BCUT2D eigenvalue weighted by Crippen LogP contribution is -2.55. The summed E-state index contributed by atoms with van der Waals surface area (Å²) in [5.74, 6) is 0. The zero-order valence-electron chi connectivity index (χ0n) is 26.3. The summed E-state index contributed by atoms with van der Waals surface area (Å²) in [6.07, 6.45) is 0. The second-order valence-electron chi connectivity index (χ2n) is 14.4. The van der Waals surface area contributed by atoms with E-state index in [0.717, 1.165) is 11.3 Å². The van der Waals surface area contributed by atoms with Crippen molar-refractivity contribution in [3.05, 3.63) is 126 Å². The van der Waals surface area contributed by atoms with Crippen molar-refractivity contribution in [2.45, 2.75) is 19.3 Å². The van der Waals surface area contributed by atoms with Crippen molar-refractivity contribution >= 4 is 93.3 Å². The van der Waals surface area contributed by atoms with E-state index in [2.05, 4.69) is 138 Å². The number of thiophene rings is 1. The van der Waals surface area contributed by atoms with E-state index in [9.17, 15) is 0 Å². The van der Waals surface area contributed by atoms with E-state index >= 15 is 0 Å². The summed E-state index contributed by atoms with van der Waals surface area (Å²) in [5.41, 5.74) is 16.6. The average Bonchev–Trinajstić information content (AvgIpc) is 3.89. The molecule has 6 aromatic carbocycles. The van der Waals surface area contributed by atoms with Crippen molar-refractivity contribution in [1.82, 2.24) is 9.05 Å². The fourth-order valence-corrected chi connectivity index (χ4v) is 11.3. The Bertz CT molecular complexity index is 3170. The highest BCUT2D eigenvalue weighted by atomic mass is 32.1. The minimum atomic E-state index is -0.146. The van der Waals surface area contributed by atoms with E-state index < -0.39 is 0 Å². The lowest BCUT2D eigenvalue weighted by molar-refractivity contribution is 0.643. The fraction of sp³-hybridized carbons (Fsp3) is 0.0698. The van der Waals surface area contributed by atoms with Crippen LogP contribution in [0.25, 0.3) is 92.1 Å². The fourth-order valence-electron chi connectivity index (χ4n) is 10.0. The minimum Gasteiger partial charge on any atom is -0.439 e. The molecule has 3 nitrogen and oxygen atoms in total. The molecule has 0 radical (unpaired) electrons. The number of para-hydroxylation sites is 3. The van der Waals surface area contributed by atoms with E-state index in [1.807, 2.05) is 11.3 Å². The van der Waals surface area contributed by atoms with Crippen molar-refractivity contribution < 1.29 is 4.42 Å². The number of hydrogen-bond donors (Lipinski definition) is 0. The molecule has 0 atom stereocenters. The predicted octanol–water partition coefficient (Wildman–Crippen LogP) is 10.1. The van der Waals surface area contributed by atoms with Gasteiger partial charge < -0.3 is 8.90 Å². The van der Waals surface area contributed by atoms with Crippen LogP contribution in [0.2, 0.25) is 0 Å². The van der Waals surface area contributed by atoms with Crippen LogP contribution in [0.5, 0.6) is 0 Å². The Morgan fingerprint density at radius 1 is 0.646 bits per heavy atom. The maximum absolute atomic E-state index is 6.85. The molecule has 10 aromatic rings. The molecule has 0 saturated carbocycles. The highest BCUT2D eigenvalue weighted by Crippen LogP contribution is 2.56. The number of rotatable bonds is 0. The number of fused-ring (bicyclic) bond motifs is 18. The van der Waals surface area contributed by atoms with E-state index in [1.54, 1.807) is 0 Å². The van der Waals surface area contributed by atoms with E-state index in [1.165, 1.54) is 103 Å². The summed E-state index contributed by atoms with van der Waals surface area (Å²) >= 11 is 1.94. The molecule has 5 heteroatoms. The third-order valence-corrected chi connectivity index (χ3v) is 13.1. The van der Waals surface area contributed by atoms with Gasteiger partial charge in [-0.15, -0.1) is 11.3 Å². The molecule has 0 N–H and O–H groups in total. The number of furan rings is 1.